The number of carbonyl (C=O) groups is 1. The maximum atomic E-state index is 12.4. The lowest BCUT2D eigenvalue weighted by molar-refractivity contribution is 0.0937. The van der Waals surface area contributed by atoms with Crippen LogP contribution < -0.4 is 10.6 Å². The predicted octanol–water partition coefficient (Wildman–Crippen LogP) is 1.74. The Morgan fingerprint density at radius 1 is 1.23 bits per heavy atom. The molecule has 1 saturated carbocycles. The van der Waals surface area contributed by atoms with Gasteiger partial charge in [0.05, 0.1) is 5.69 Å². The number of nitrogens with zero attached hydrogens (tertiary/aromatic N) is 2. The van der Waals surface area contributed by atoms with Gasteiger partial charge >= 0.3 is 0 Å². The van der Waals surface area contributed by atoms with Crippen molar-refractivity contribution in [2.75, 3.05) is 13.1 Å². The molecular weight excluding hydrogens is 276 g/mol. The topological polar surface area (TPSA) is 59.0 Å². The van der Waals surface area contributed by atoms with E-state index in [1.807, 2.05) is 36.5 Å². The number of hydrogen-bond acceptors (Lipinski definition) is 3. The third-order valence-corrected chi connectivity index (χ3v) is 4.94. The summed E-state index contributed by atoms with van der Waals surface area (Å²) in [6.45, 7) is 2.13. The van der Waals surface area contributed by atoms with Gasteiger partial charge in [-0.2, -0.15) is 5.10 Å². The molecule has 2 N–H and O–H groups in total. The largest absolute Gasteiger partial charge is 0.347 e. The summed E-state index contributed by atoms with van der Waals surface area (Å²) in [5, 5.41) is 10.9. The lowest BCUT2D eigenvalue weighted by Crippen LogP contribution is -2.36. The molecule has 1 aliphatic carbocycles. The van der Waals surface area contributed by atoms with Gasteiger partial charge in [0.2, 0.25) is 0 Å². The third-order valence-electron chi connectivity index (χ3n) is 4.94. The van der Waals surface area contributed by atoms with Gasteiger partial charge in [-0.15, -0.1) is 0 Å². The summed E-state index contributed by atoms with van der Waals surface area (Å²) in [5.41, 5.74) is 1.80. The summed E-state index contributed by atoms with van der Waals surface area (Å²) in [5.74, 6) is -0.0601. The third kappa shape index (κ3) is 2.41. The van der Waals surface area contributed by atoms with Crippen molar-refractivity contribution in [3.63, 3.8) is 0 Å². The molecule has 0 bridgehead atoms. The van der Waals surface area contributed by atoms with Crippen molar-refractivity contribution in [2.45, 2.75) is 25.3 Å². The number of amides is 1. The monoisotopic (exact) mass is 296 g/mol. The Morgan fingerprint density at radius 3 is 2.77 bits per heavy atom. The van der Waals surface area contributed by atoms with Crippen molar-refractivity contribution in [2.24, 2.45) is 5.41 Å². The Bertz CT molecular complexity index is 673. The number of hydrogen-bond donors (Lipinski definition) is 2. The highest BCUT2D eigenvalue weighted by Crippen LogP contribution is 2.52. The van der Waals surface area contributed by atoms with Gasteiger partial charge in [-0.05, 0) is 56.0 Å². The fourth-order valence-electron chi connectivity index (χ4n) is 3.43. The van der Waals surface area contributed by atoms with Crippen LogP contribution >= 0.6 is 0 Å². The van der Waals surface area contributed by atoms with E-state index in [1.54, 1.807) is 10.7 Å². The Kier molecular flexibility index (Phi) is 3.22. The standard InChI is InChI=1S/C17H20N4O/c22-16(19-15-12-17(15)7-9-18-10-8-17)14-6-11-21(20-14)13-4-2-1-3-5-13/h1-6,11,15,18H,7-10,12H2,(H,19,22). The maximum Gasteiger partial charge on any atom is 0.272 e. The first-order valence-corrected chi connectivity index (χ1v) is 7.90. The van der Waals surface area contributed by atoms with E-state index in [9.17, 15) is 4.79 Å². The zero-order chi connectivity index (χ0) is 15.0. The van der Waals surface area contributed by atoms with Crippen LogP contribution in [-0.2, 0) is 0 Å². The number of carbonyl (C=O) groups excluding carboxylic acids is 1. The molecule has 2 aliphatic rings. The first kappa shape index (κ1) is 13.5. The van der Waals surface area contributed by atoms with Gasteiger partial charge in [-0.25, -0.2) is 4.68 Å². The molecule has 1 aromatic heterocycles. The average Bonchev–Trinajstić information content (AvgIpc) is 3.01. The van der Waals surface area contributed by atoms with Crippen molar-refractivity contribution in [3.05, 3.63) is 48.3 Å². The molecule has 114 valence electrons. The van der Waals surface area contributed by atoms with Crippen molar-refractivity contribution in [3.8, 4) is 5.69 Å². The second kappa shape index (κ2) is 5.25. The SMILES string of the molecule is O=C(NC1CC12CCNCC2)c1ccn(-c2ccccc2)n1. The lowest BCUT2D eigenvalue weighted by Gasteiger charge is -2.23. The van der Waals surface area contributed by atoms with Crippen LogP contribution in [0.2, 0.25) is 0 Å². The van der Waals surface area contributed by atoms with E-state index >= 15 is 0 Å². The summed E-state index contributed by atoms with van der Waals surface area (Å²) >= 11 is 0. The minimum atomic E-state index is -0.0601. The normalized spacial score (nSPS) is 22.5. The van der Waals surface area contributed by atoms with E-state index in [4.69, 9.17) is 0 Å². The molecule has 1 spiro atoms. The van der Waals surface area contributed by atoms with Crippen LogP contribution in [0.3, 0.4) is 0 Å². The first-order valence-electron chi connectivity index (χ1n) is 7.90. The molecule has 0 radical (unpaired) electrons. The molecule has 5 heteroatoms. The van der Waals surface area contributed by atoms with Crippen LogP contribution in [-0.4, -0.2) is 34.8 Å². The van der Waals surface area contributed by atoms with Crippen LogP contribution in [0.4, 0.5) is 0 Å². The van der Waals surface area contributed by atoms with E-state index in [2.05, 4.69) is 15.7 Å². The smallest absolute Gasteiger partial charge is 0.272 e. The van der Waals surface area contributed by atoms with Crippen LogP contribution in [0.1, 0.15) is 29.8 Å². The molecule has 5 nitrogen and oxygen atoms in total. The van der Waals surface area contributed by atoms with Gasteiger partial charge < -0.3 is 10.6 Å². The molecule has 2 aromatic rings. The number of rotatable bonds is 3. The highest BCUT2D eigenvalue weighted by molar-refractivity contribution is 5.92. The minimum absolute atomic E-state index is 0.0601. The second-order valence-corrected chi connectivity index (χ2v) is 6.32. The van der Waals surface area contributed by atoms with Gasteiger partial charge in [0.1, 0.15) is 0 Å². The summed E-state index contributed by atoms with van der Waals surface area (Å²) in [7, 11) is 0. The van der Waals surface area contributed by atoms with Gasteiger partial charge in [0, 0.05) is 12.2 Å². The van der Waals surface area contributed by atoms with E-state index in [1.165, 1.54) is 0 Å². The fraction of sp³-hybridized carbons (Fsp3) is 0.412. The number of nitrogens with one attached hydrogen (secondary N) is 2. The number of aromatic nitrogens is 2. The number of piperidine rings is 1. The number of para-hydroxylation sites is 1. The van der Waals surface area contributed by atoms with E-state index in [-0.39, 0.29) is 5.91 Å². The van der Waals surface area contributed by atoms with Crippen molar-refractivity contribution in [1.82, 2.24) is 20.4 Å². The van der Waals surface area contributed by atoms with E-state index in [0.717, 1.165) is 38.0 Å². The zero-order valence-electron chi connectivity index (χ0n) is 12.5. The van der Waals surface area contributed by atoms with Gasteiger partial charge in [0.25, 0.3) is 5.91 Å². The summed E-state index contributed by atoms with van der Waals surface area (Å²) < 4.78 is 1.74. The molecule has 2 fully saturated rings. The zero-order valence-corrected chi connectivity index (χ0v) is 12.5. The highest BCUT2D eigenvalue weighted by Gasteiger charge is 2.54. The molecule has 1 aromatic carbocycles. The predicted molar refractivity (Wildman–Crippen MR) is 84.0 cm³/mol. The molecule has 1 amide bonds. The van der Waals surface area contributed by atoms with Crippen molar-refractivity contribution in [1.29, 1.82) is 0 Å². The molecule has 1 unspecified atom stereocenters. The molecule has 4 rings (SSSR count). The Balaban J connectivity index is 1.43. The molecule has 1 atom stereocenters. The highest BCUT2D eigenvalue weighted by atomic mass is 16.2. The second-order valence-electron chi connectivity index (χ2n) is 6.32. The molecule has 1 aliphatic heterocycles. The Labute approximate surface area is 129 Å². The molecular formula is C17H20N4O. The number of benzene rings is 1. The van der Waals surface area contributed by atoms with Crippen molar-refractivity contribution >= 4 is 5.91 Å². The van der Waals surface area contributed by atoms with Gasteiger partial charge in [-0.1, -0.05) is 18.2 Å². The summed E-state index contributed by atoms with van der Waals surface area (Å²) in [6.07, 6.45) is 5.27. The van der Waals surface area contributed by atoms with Crippen LogP contribution in [0.15, 0.2) is 42.6 Å². The average molecular weight is 296 g/mol. The fourth-order valence-corrected chi connectivity index (χ4v) is 3.43. The maximum absolute atomic E-state index is 12.4. The summed E-state index contributed by atoms with van der Waals surface area (Å²) in [6, 6.07) is 11.9. The molecule has 1 saturated heterocycles. The first-order chi connectivity index (χ1) is 10.8. The van der Waals surface area contributed by atoms with E-state index in [0.29, 0.717) is 17.2 Å². The van der Waals surface area contributed by atoms with Gasteiger partial charge in [0.15, 0.2) is 5.69 Å². The van der Waals surface area contributed by atoms with Crippen LogP contribution in [0.5, 0.6) is 0 Å². The quantitative estimate of drug-likeness (QED) is 0.907. The van der Waals surface area contributed by atoms with Crippen molar-refractivity contribution < 1.29 is 4.79 Å². The van der Waals surface area contributed by atoms with Gasteiger partial charge in [-0.3, -0.25) is 4.79 Å². The minimum Gasteiger partial charge on any atom is -0.347 e. The molecule has 2 heterocycles. The molecule has 22 heavy (non-hydrogen) atoms. The van der Waals surface area contributed by atoms with E-state index < -0.39 is 0 Å². The summed E-state index contributed by atoms with van der Waals surface area (Å²) in [4.78, 5) is 12.4. The van der Waals surface area contributed by atoms with Crippen LogP contribution in [0.25, 0.3) is 5.69 Å². The Morgan fingerprint density at radius 2 is 2.00 bits per heavy atom. The Hall–Kier alpha value is -2.14. The lowest BCUT2D eigenvalue weighted by atomic mass is 9.94. The van der Waals surface area contributed by atoms with Crippen LogP contribution in [0, 0.1) is 5.41 Å².